The van der Waals surface area contributed by atoms with E-state index in [1.165, 1.54) is 18.3 Å². The molecular formula is C9H14. The molecule has 0 aromatic carbocycles. The third-order valence-corrected chi connectivity index (χ3v) is 4.63. The van der Waals surface area contributed by atoms with Crippen molar-refractivity contribution in [2.24, 2.45) is 28.6 Å². The largest absolute Gasteiger partial charge is 0.0651 e. The minimum Gasteiger partial charge on any atom is -0.0651 e. The zero-order chi connectivity index (χ0) is 6.44. The van der Waals surface area contributed by atoms with Crippen LogP contribution in [-0.4, -0.2) is 0 Å². The van der Waals surface area contributed by atoms with Crippen molar-refractivity contribution in [2.45, 2.75) is 27.2 Å². The molecule has 0 nitrogen and oxygen atoms in total. The summed E-state index contributed by atoms with van der Waals surface area (Å²) < 4.78 is 0. The molecule has 0 N–H and O–H groups in total. The van der Waals surface area contributed by atoms with Crippen LogP contribution in [0.2, 0.25) is 0 Å². The van der Waals surface area contributed by atoms with Crippen molar-refractivity contribution in [2.75, 3.05) is 0 Å². The van der Waals surface area contributed by atoms with E-state index in [0.29, 0.717) is 0 Å². The fourth-order valence-electron chi connectivity index (χ4n) is 3.58. The van der Waals surface area contributed by atoms with E-state index in [-0.39, 0.29) is 0 Å². The van der Waals surface area contributed by atoms with Gasteiger partial charge in [0.25, 0.3) is 0 Å². The number of hydrogen-bond acceptors (Lipinski definition) is 0. The quantitative estimate of drug-likeness (QED) is 0.527. The smallest absolute Gasteiger partial charge is 0.0138 e. The highest BCUT2D eigenvalue weighted by atomic mass is 15.2. The van der Waals surface area contributed by atoms with E-state index >= 15 is 0 Å². The van der Waals surface area contributed by atoms with Gasteiger partial charge in [0.2, 0.25) is 0 Å². The van der Waals surface area contributed by atoms with Crippen LogP contribution in [0.4, 0.5) is 0 Å². The lowest BCUT2D eigenvalue weighted by atomic mass is 10.0. The lowest BCUT2D eigenvalue weighted by molar-refractivity contribution is 0.455. The Morgan fingerprint density at radius 3 is 2.00 bits per heavy atom. The van der Waals surface area contributed by atoms with Gasteiger partial charge in [0, 0.05) is 0 Å². The molecule has 0 bridgehead atoms. The van der Waals surface area contributed by atoms with Gasteiger partial charge in [0.05, 0.1) is 0 Å². The summed E-state index contributed by atoms with van der Waals surface area (Å²) in [7, 11) is 0. The molecule has 3 unspecified atom stereocenters. The summed E-state index contributed by atoms with van der Waals surface area (Å²) in [5.41, 5.74) is 1.87. The van der Waals surface area contributed by atoms with Crippen molar-refractivity contribution in [1.29, 1.82) is 0 Å². The van der Waals surface area contributed by atoms with Crippen LogP contribution in [0.25, 0.3) is 0 Å². The van der Waals surface area contributed by atoms with E-state index in [1.807, 2.05) is 0 Å². The zero-order valence-electron chi connectivity index (χ0n) is 6.44. The molecular weight excluding hydrogens is 108 g/mol. The molecule has 0 amide bonds. The maximum atomic E-state index is 2.48. The Morgan fingerprint density at radius 1 is 1.44 bits per heavy atom. The molecule has 50 valence electrons. The van der Waals surface area contributed by atoms with Gasteiger partial charge >= 0.3 is 0 Å². The first-order valence-corrected chi connectivity index (χ1v) is 4.22. The lowest BCUT2D eigenvalue weighted by Gasteiger charge is -2.04. The molecule has 4 saturated carbocycles. The van der Waals surface area contributed by atoms with Gasteiger partial charge in [-0.05, 0) is 28.6 Å². The van der Waals surface area contributed by atoms with Crippen molar-refractivity contribution < 1.29 is 0 Å². The molecule has 4 aliphatic rings. The second-order valence-corrected chi connectivity index (χ2v) is 4.48. The van der Waals surface area contributed by atoms with Gasteiger partial charge in [-0.1, -0.05) is 27.2 Å². The summed E-state index contributed by atoms with van der Waals surface area (Å²) >= 11 is 0. The van der Waals surface area contributed by atoms with Gasteiger partial charge in [-0.15, -0.1) is 0 Å². The van der Waals surface area contributed by atoms with E-state index in [1.54, 1.807) is 0 Å². The average Bonchev–Trinajstić information content (AvgIpc) is 2.63. The fraction of sp³-hybridized carbons (Fsp3) is 1.00. The maximum absolute atomic E-state index is 2.48. The topological polar surface area (TPSA) is 0 Å². The first-order valence-electron chi connectivity index (χ1n) is 4.22. The molecule has 0 saturated heterocycles. The predicted octanol–water partition coefficient (Wildman–Crippen LogP) is 2.30. The second-order valence-electron chi connectivity index (χ2n) is 4.48. The molecule has 4 aliphatic carbocycles. The Balaban J connectivity index is 1.86. The van der Waals surface area contributed by atoms with Gasteiger partial charge in [0.1, 0.15) is 0 Å². The summed E-state index contributed by atoms with van der Waals surface area (Å²) in [6.45, 7) is 7.25. The summed E-state index contributed by atoms with van der Waals surface area (Å²) in [5, 5.41) is 0. The monoisotopic (exact) mass is 122 g/mol. The van der Waals surface area contributed by atoms with E-state index in [9.17, 15) is 0 Å². The summed E-state index contributed by atoms with van der Waals surface area (Å²) in [5.74, 6) is 3.48. The molecule has 9 heavy (non-hydrogen) atoms. The SMILES string of the molecule is CCC(C)C12C3C1C32C. The van der Waals surface area contributed by atoms with Crippen LogP contribution in [0.3, 0.4) is 0 Å². The molecule has 0 heteroatoms. The average molecular weight is 122 g/mol. The molecule has 0 aromatic rings. The number of hydrogen-bond donors (Lipinski definition) is 0. The molecule has 3 atom stereocenters. The second kappa shape index (κ2) is 0.810. The van der Waals surface area contributed by atoms with Crippen LogP contribution >= 0.6 is 0 Å². The van der Waals surface area contributed by atoms with Crippen molar-refractivity contribution in [3.63, 3.8) is 0 Å². The first-order chi connectivity index (χ1) is 4.22. The third kappa shape index (κ3) is 0.210. The minimum absolute atomic E-state index is 0.919. The normalized spacial score (nSPS) is 75.0. The Hall–Kier alpha value is 0. The molecule has 0 aromatic heterocycles. The van der Waals surface area contributed by atoms with Crippen LogP contribution in [0, 0.1) is 28.6 Å². The van der Waals surface area contributed by atoms with Crippen molar-refractivity contribution in [1.82, 2.24) is 0 Å². The minimum atomic E-state index is 0.919. The van der Waals surface area contributed by atoms with Crippen molar-refractivity contribution in [3.8, 4) is 0 Å². The Morgan fingerprint density at radius 2 is 1.89 bits per heavy atom. The maximum Gasteiger partial charge on any atom is -0.0138 e. The lowest BCUT2D eigenvalue weighted by Crippen LogP contribution is -1.96. The Kier molecular flexibility index (Phi) is 0.428. The standard InChI is InChI=1S/C9H14/c1-4-5(2)9-6-7(9)8(6,9)3/h5-7H,4H2,1-3H3. The molecule has 4 fully saturated rings. The highest BCUT2D eigenvalue weighted by Crippen LogP contribution is 3.19. The van der Waals surface area contributed by atoms with Crippen LogP contribution in [-0.2, 0) is 0 Å². The van der Waals surface area contributed by atoms with Gasteiger partial charge in [0.15, 0.2) is 0 Å². The van der Waals surface area contributed by atoms with E-state index in [4.69, 9.17) is 0 Å². The predicted molar refractivity (Wildman–Crippen MR) is 37.0 cm³/mol. The van der Waals surface area contributed by atoms with Crippen LogP contribution in [0.15, 0.2) is 0 Å². The highest BCUT2D eigenvalue weighted by molar-refractivity contribution is 5.62. The number of rotatable bonds is 2. The molecule has 0 aliphatic heterocycles. The van der Waals surface area contributed by atoms with Gasteiger partial charge in [-0.3, -0.25) is 0 Å². The van der Waals surface area contributed by atoms with Crippen molar-refractivity contribution >= 4 is 0 Å². The molecule has 0 spiro atoms. The summed E-state index contributed by atoms with van der Waals surface area (Å²) in [4.78, 5) is 0. The van der Waals surface area contributed by atoms with Gasteiger partial charge in [-0.25, -0.2) is 0 Å². The molecule has 0 radical (unpaired) electrons. The summed E-state index contributed by atoms with van der Waals surface area (Å²) in [6.07, 6.45) is 1.41. The fourth-order valence-corrected chi connectivity index (χ4v) is 3.58. The Bertz CT molecular complexity index is 182. The highest BCUT2D eigenvalue weighted by Gasteiger charge is 3.17. The van der Waals surface area contributed by atoms with Crippen LogP contribution in [0.5, 0.6) is 0 Å². The molecule has 4 rings (SSSR count). The van der Waals surface area contributed by atoms with E-state index in [2.05, 4.69) is 20.8 Å². The van der Waals surface area contributed by atoms with E-state index in [0.717, 1.165) is 16.7 Å². The van der Waals surface area contributed by atoms with Crippen LogP contribution < -0.4 is 0 Å². The van der Waals surface area contributed by atoms with Gasteiger partial charge in [-0.2, -0.15) is 0 Å². The van der Waals surface area contributed by atoms with Gasteiger partial charge < -0.3 is 0 Å². The third-order valence-electron chi connectivity index (χ3n) is 4.63. The van der Waals surface area contributed by atoms with Crippen molar-refractivity contribution in [3.05, 3.63) is 0 Å². The summed E-state index contributed by atoms with van der Waals surface area (Å²) in [6, 6.07) is 0. The van der Waals surface area contributed by atoms with Crippen LogP contribution in [0.1, 0.15) is 27.2 Å². The molecule has 0 heterocycles. The first kappa shape index (κ1) is 4.76. The Labute approximate surface area is 56.6 Å². The van der Waals surface area contributed by atoms with E-state index < -0.39 is 0 Å². The zero-order valence-corrected chi connectivity index (χ0v) is 6.44.